The van der Waals surface area contributed by atoms with Crippen molar-refractivity contribution in [2.75, 3.05) is 0 Å². The lowest BCUT2D eigenvalue weighted by atomic mass is 9.91. The van der Waals surface area contributed by atoms with Crippen molar-refractivity contribution in [3.05, 3.63) is 64.2 Å². The van der Waals surface area contributed by atoms with Crippen molar-refractivity contribution >= 4 is 23.7 Å². The molecule has 156 valence electrons. The van der Waals surface area contributed by atoms with E-state index in [2.05, 4.69) is 38.6 Å². The molecule has 0 aliphatic heterocycles. The highest BCUT2D eigenvalue weighted by Crippen LogP contribution is 2.34. The number of thiol groups is 1. The lowest BCUT2D eigenvalue weighted by molar-refractivity contribution is -0.135. The topological polar surface area (TPSA) is 43.4 Å². The Kier molecular flexibility index (Phi) is 8.09. The summed E-state index contributed by atoms with van der Waals surface area (Å²) in [6.07, 6.45) is 1.32. The summed E-state index contributed by atoms with van der Waals surface area (Å²) in [7, 11) is 0. The lowest BCUT2D eigenvalue weighted by Gasteiger charge is -2.20. The molecule has 2 atom stereocenters. The average Bonchev–Trinajstić information content (AvgIpc) is 2.59. The minimum atomic E-state index is -0.376. The maximum absolute atomic E-state index is 12.9. The Morgan fingerprint density at radius 1 is 1.00 bits per heavy atom. The molecule has 0 amide bonds. The predicted octanol–water partition coefficient (Wildman–Crippen LogP) is 6.16. The molecule has 0 bridgehead atoms. The van der Waals surface area contributed by atoms with Crippen molar-refractivity contribution in [3.8, 4) is 5.75 Å². The number of carbonyl (C=O) groups excluding carboxylic acids is 2. The zero-order chi connectivity index (χ0) is 21.7. The first-order chi connectivity index (χ1) is 13.6. The van der Waals surface area contributed by atoms with Gasteiger partial charge in [0.25, 0.3) is 0 Å². The molecule has 0 radical (unpaired) electrons. The molecule has 0 saturated carbocycles. The van der Waals surface area contributed by atoms with E-state index in [4.69, 9.17) is 4.74 Å². The molecular weight excluding hydrogens is 380 g/mol. The zero-order valence-corrected chi connectivity index (χ0v) is 19.2. The summed E-state index contributed by atoms with van der Waals surface area (Å²) in [6.45, 7) is 12.2. The van der Waals surface area contributed by atoms with E-state index in [0.29, 0.717) is 18.1 Å². The zero-order valence-electron chi connectivity index (χ0n) is 18.3. The van der Waals surface area contributed by atoms with Crippen molar-refractivity contribution in [2.24, 2.45) is 5.92 Å². The molecule has 0 spiro atoms. The Bertz CT molecular complexity index is 868. The summed E-state index contributed by atoms with van der Waals surface area (Å²) in [6, 6.07) is 12.1. The highest BCUT2D eigenvalue weighted by atomic mass is 32.1. The van der Waals surface area contributed by atoms with Crippen LogP contribution in [0.2, 0.25) is 0 Å². The van der Waals surface area contributed by atoms with E-state index in [0.717, 1.165) is 28.7 Å². The molecule has 0 fully saturated rings. The van der Waals surface area contributed by atoms with Crippen LogP contribution in [-0.4, -0.2) is 11.1 Å². The molecule has 0 aliphatic carbocycles. The van der Waals surface area contributed by atoms with Crippen LogP contribution < -0.4 is 4.74 Å². The summed E-state index contributed by atoms with van der Waals surface area (Å²) in [5, 5.41) is -0.176. The third kappa shape index (κ3) is 6.46. The van der Waals surface area contributed by atoms with Gasteiger partial charge in [-0.2, -0.15) is 0 Å². The number of esters is 1. The summed E-state index contributed by atoms with van der Waals surface area (Å²) in [4.78, 5) is 24.4. The molecule has 4 heteroatoms. The molecule has 0 aromatic heterocycles. The SMILES string of the molecule is Cc1cc(C)c(C(C)CC(=O)S)c(OC(=O)[C@@H](C)c2ccc(CC(C)C)cc2)c1. The van der Waals surface area contributed by atoms with Gasteiger partial charge in [0.1, 0.15) is 5.75 Å². The van der Waals surface area contributed by atoms with E-state index in [1.165, 1.54) is 5.56 Å². The number of hydrogen-bond acceptors (Lipinski definition) is 3. The van der Waals surface area contributed by atoms with E-state index >= 15 is 0 Å². The van der Waals surface area contributed by atoms with Crippen molar-refractivity contribution in [3.63, 3.8) is 0 Å². The van der Waals surface area contributed by atoms with Crippen molar-refractivity contribution in [2.45, 2.75) is 66.2 Å². The summed E-state index contributed by atoms with van der Waals surface area (Å²) >= 11 is 3.91. The average molecular weight is 413 g/mol. The minimum absolute atomic E-state index is 0.0750. The molecule has 0 saturated heterocycles. The van der Waals surface area contributed by atoms with E-state index in [1.54, 1.807) is 0 Å². The summed E-state index contributed by atoms with van der Waals surface area (Å²) in [5.74, 6) is 0.389. The largest absolute Gasteiger partial charge is 0.426 e. The number of carbonyl (C=O) groups is 2. The summed E-state index contributed by atoms with van der Waals surface area (Å²) in [5.41, 5.74) is 5.13. The third-order valence-corrected chi connectivity index (χ3v) is 5.34. The van der Waals surface area contributed by atoms with Crippen molar-refractivity contribution < 1.29 is 14.3 Å². The fourth-order valence-corrected chi connectivity index (χ4v) is 4.04. The Morgan fingerprint density at radius 2 is 1.62 bits per heavy atom. The summed E-state index contributed by atoms with van der Waals surface area (Å²) < 4.78 is 5.85. The molecule has 2 aromatic rings. The van der Waals surface area contributed by atoms with Crippen molar-refractivity contribution in [1.29, 1.82) is 0 Å². The number of ether oxygens (including phenoxy) is 1. The van der Waals surface area contributed by atoms with Gasteiger partial charge in [-0.05, 0) is 67.3 Å². The second kappa shape index (κ2) is 10.1. The van der Waals surface area contributed by atoms with E-state index in [-0.39, 0.29) is 22.9 Å². The second-order valence-electron chi connectivity index (χ2n) is 8.47. The number of aryl methyl sites for hydroxylation is 2. The van der Waals surface area contributed by atoms with Gasteiger partial charge >= 0.3 is 5.97 Å². The van der Waals surface area contributed by atoms with Crippen LogP contribution in [0.15, 0.2) is 36.4 Å². The molecule has 3 nitrogen and oxygen atoms in total. The van der Waals surface area contributed by atoms with Crippen LogP contribution in [-0.2, 0) is 16.0 Å². The normalized spacial score (nSPS) is 13.2. The highest BCUT2D eigenvalue weighted by molar-refractivity contribution is 7.96. The highest BCUT2D eigenvalue weighted by Gasteiger charge is 2.23. The van der Waals surface area contributed by atoms with Gasteiger partial charge in [0.05, 0.1) is 5.92 Å². The number of rotatable bonds is 8. The first-order valence-corrected chi connectivity index (χ1v) is 10.7. The fraction of sp³-hybridized carbons (Fsp3) is 0.440. The molecule has 1 unspecified atom stereocenters. The van der Waals surface area contributed by atoms with Crippen LogP contribution in [0, 0.1) is 19.8 Å². The van der Waals surface area contributed by atoms with Gasteiger partial charge in [-0.25, -0.2) is 0 Å². The standard InChI is InChI=1S/C25H32O3S/c1-15(2)11-20-7-9-21(10-8-20)19(6)25(27)28-22-13-16(3)12-17(4)24(22)18(5)14-23(26)29/h7-10,12-13,15,18-19H,11,14H2,1-6H3,(H,26,29)/t18?,19-/m0/s1. The van der Waals surface area contributed by atoms with E-state index < -0.39 is 0 Å². The number of hydrogen-bond donors (Lipinski definition) is 1. The minimum Gasteiger partial charge on any atom is -0.426 e. The number of benzene rings is 2. The monoisotopic (exact) mass is 412 g/mol. The smallest absolute Gasteiger partial charge is 0.318 e. The van der Waals surface area contributed by atoms with Crippen LogP contribution in [0.5, 0.6) is 5.75 Å². The molecule has 2 aromatic carbocycles. The third-order valence-electron chi connectivity index (χ3n) is 5.15. The predicted molar refractivity (Wildman–Crippen MR) is 122 cm³/mol. The van der Waals surface area contributed by atoms with E-state index in [1.807, 2.05) is 52.0 Å². The lowest BCUT2D eigenvalue weighted by Crippen LogP contribution is -2.18. The van der Waals surface area contributed by atoms with Gasteiger partial charge in [-0.1, -0.05) is 51.1 Å². The fourth-order valence-electron chi connectivity index (χ4n) is 3.77. The van der Waals surface area contributed by atoms with Gasteiger partial charge in [-0.15, -0.1) is 12.6 Å². The maximum Gasteiger partial charge on any atom is 0.318 e. The van der Waals surface area contributed by atoms with Gasteiger partial charge in [0.2, 0.25) is 0 Å². The Balaban J connectivity index is 2.24. The Hall–Kier alpha value is -2.07. The quantitative estimate of drug-likeness (QED) is 0.321. The second-order valence-corrected chi connectivity index (χ2v) is 8.97. The van der Waals surface area contributed by atoms with Gasteiger partial charge < -0.3 is 4.74 Å². The van der Waals surface area contributed by atoms with Crippen molar-refractivity contribution in [1.82, 2.24) is 0 Å². The molecule has 0 heterocycles. The maximum atomic E-state index is 12.9. The van der Waals surface area contributed by atoms with E-state index in [9.17, 15) is 9.59 Å². The van der Waals surface area contributed by atoms with Gasteiger partial charge in [0, 0.05) is 12.0 Å². The molecule has 0 N–H and O–H groups in total. The van der Waals surface area contributed by atoms with Gasteiger partial charge in [-0.3, -0.25) is 9.59 Å². The van der Waals surface area contributed by atoms with Crippen LogP contribution >= 0.6 is 12.6 Å². The van der Waals surface area contributed by atoms with Crippen LogP contribution in [0.1, 0.15) is 73.8 Å². The first-order valence-electron chi connectivity index (χ1n) is 10.2. The van der Waals surface area contributed by atoms with Crippen LogP contribution in [0.4, 0.5) is 0 Å². The molecule has 29 heavy (non-hydrogen) atoms. The Morgan fingerprint density at radius 3 is 2.17 bits per heavy atom. The molecule has 0 aliphatic rings. The molecule has 2 rings (SSSR count). The van der Waals surface area contributed by atoms with Gasteiger partial charge in [0.15, 0.2) is 5.12 Å². The van der Waals surface area contributed by atoms with Crippen LogP contribution in [0.3, 0.4) is 0 Å². The molecular formula is C25H32O3S. The Labute approximate surface area is 180 Å². The van der Waals surface area contributed by atoms with Crippen LogP contribution in [0.25, 0.3) is 0 Å². The first kappa shape index (κ1) is 23.2.